The Hall–Kier alpha value is -3.13. The fourth-order valence-corrected chi connectivity index (χ4v) is 3.78. The third-order valence-electron chi connectivity index (χ3n) is 4.31. The summed E-state index contributed by atoms with van der Waals surface area (Å²) >= 11 is 1.36. The van der Waals surface area contributed by atoms with Crippen LogP contribution in [0.1, 0.15) is 22.3 Å². The molecule has 8 heteroatoms. The first-order valence-corrected chi connectivity index (χ1v) is 9.88. The zero-order valence-electron chi connectivity index (χ0n) is 16.1. The zero-order chi connectivity index (χ0) is 20.8. The lowest BCUT2D eigenvalue weighted by atomic mass is 10.1. The molecule has 3 rings (SSSR count). The summed E-state index contributed by atoms with van der Waals surface area (Å²) in [6.45, 7) is 0.174. The summed E-state index contributed by atoms with van der Waals surface area (Å²) in [6, 6.07) is 14.2. The van der Waals surface area contributed by atoms with Crippen LogP contribution < -0.4 is 5.56 Å². The molecule has 1 aromatic heterocycles. The van der Waals surface area contributed by atoms with E-state index in [1.807, 2.05) is 12.1 Å². The molecule has 0 aliphatic rings. The molecular formula is C21H20N2O5S. The number of aromatic nitrogens is 2. The normalized spacial score (nSPS) is 10.7. The molecule has 3 aromatic rings. The van der Waals surface area contributed by atoms with E-state index in [4.69, 9.17) is 4.74 Å². The summed E-state index contributed by atoms with van der Waals surface area (Å²) in [4.78, 5) is 40.9. The number of fused-ring (bicyclic) bond motifs is 1. The molecule has 150 valence electrons. The molecule has 29 heavy (non-hydrogen) atoms. The smallest absolute Gasteiger partial charge is 0.337 e. The highest BCUT2D eigenvalue weighted by molar-refractivity contribution is 7.98. The van der Waals surface area contributed by atoms with E-state index >= 15 is 0 Å². The van der Waals surface area contributed by atoms with E-state index in [9.17, 15) is 14.4 Å². The Labute approximate surface area is 171 Å². The van der Waals surface area contributed by atoms with Crippen LogP contribution in [0.5, 0.6) is 0 Å². The van der Waals surface area contributed by atoms with Gasteiger partial charge in [0.05, 0.1) is 37.1 Å². The van der Waals surface area contributed by atoms with Gasteiger partial charge in [0.15, 0.2) is 5.16 Å². The molecule has 0 spiro atoms. The molecule has 0 fully saturated rings. The minimum absolute atomic E-state index is 0.0712. The molecule has 0 bridgehead atoms. The summed E-state index contributed by atoms with van der Waals surface area (Å²) in [5.74, 6) is -0.309. The number of thioether (sulfide) groups is 1. The predicted octanol–water partition coefficient (Wildman–Crippen LogP) is 3.04. The number of methoxy groups -OCH3 is 2. The van der Waals surface area contributed by atoms with Crippen molar-refractivity contribution in [1.29, 1.82) is 0 Å². The second kappa shape index (κ2) is 9.38. The maximum atomic E-state index is 12.9. The third kappa shape index (κ3) is 4.83. The first kappa shape index (κ1) is 20.6. The zero-order valence-corrected chi connectivity index (χ0v) is 16.9. The van der Waals surface area contributed by atoms with Gasteiger partial charge in [-0.15, -0.1) is 0 Å². The SMILES string of the molecule is COC(=O)CCn1c(SCc2cccc(C(=O)OC)c2)nc2ccccc2c1=O. The summed E-state index contributed by atoms with van der Waals surface area (Å²) in [6.07, 6.45) is 0.0712. The highest BCUT2D eigenvalue weighted by atomic mass is 32.2. The number of carbonyl (C=O) groups is 2. The minimum Gasteiger partial charge on any atom is -0.469 e. The van der Waals surface area contributed by atoms with Gasteiger partial charge in [-0.3, -0.25) is 14.2 Å². The van der Waals surface area contributed by atoms with Crippen LogP contribution >= 0.6 is 11.8 Å². The van der Waals surface area contributed by atoms with E-state index in [0.29, 0.717) is 27.4 Å². The van der Waals surface area contributed by atoms with Gasteiger partial charge in [0.25, 0.3) is 5.56 Å². The van der Waals surface area contributed by atoms with Gasteiger partial charge in [0, 0.05) is 12.3 Å². The van der Waals surface area contributed by atoms with E-state index in [0.717, 1.165) is 5.56 Å². The van der Waals surface area contributed by atoms with E-state index in [2.05, 4.69) is 9.72 Å². The first-order valence-electron chi connectivity index (χ1n) is 8.90. The lowest BCUT2D eigenvalue weighted by Crippen LogP contribution is -2.24. The Bertz CT molecular complexity index is 1110. The highest BCUT2D eigenvalue weighted by Gasteiger charge is 2.14. The molecule has 0 radical (unpaired) electrons. The fourth-order valence-electron chi connectivity index (χ4n) is 2.81. The summed E-state index contributed by atoms with van der Waals surface area (Å²) in [7, 11) is 2.65. The van der Waals surface area contributed by atoms with Crippen molar-refractivity contribution in [2.45, 2.75) is 23.9 Å². The van der Waals surface area contributed by atoms with E-state index in [1.54, 1.807) is 36.4 Å². The lowest BCUT2D eigenvalue weighted by Gasteiger charge is -2.13. The van der Waals surface area contributed by atoms with Gasteiger partial charge in [-0.05, 0) is 29.8 Å². The number of hydrogen-bond donors (Lipinski definition) is 0. The van der Waals surface area contributed by atoms with E-state index in [-0.39, 0.29) is 18.5 Å². The van der Waals surface area contributed by atoms with Crippen LogP contribution in [0.15, 0.2) is 58.5 Å². The number of hydrogen-bond acceptors (Lipinski definition) is 7. The second-order valence-corrected chi connectivity index (χ2v) is 7.12. The number of benzene rings is 2. The Morgan fingerprint density at radius 1 is 1.07 bits per heavy atom. The molecule has 0 aliphatic carbocycles. The van der Waals surface area contributed by atoms with Crippen LogP contribution in [0.4, 0.5) is 0 Å². The van der Waals surface area contributed by atoms with E-state index < -0.39 is 11.9 Å². The van der Waals surface area contributed by atoms with Crippen molar-refractivity contribution < 1.29 is 19.1 Å². The number of esters is 2. The molecular weight excluding hydrogens is 392 g/mol. The Morgan fingerprint density at radius 2 is 1.86 bits per heavy atom. The summed E-state index contributed by atoms with van der Waals surface area (Å²) in [5, 5.41) is 0.996. The molecule has 0 saturated heterocycles. The first-order chi connectivity index (χ1) is 14.0. The Morgan fingerprint density at radius 3 is 2.62 bits per heavy atom. The predicted molar refractivity (Wildman–Crippen MR) is 110 cm³/mol. The van der Waals surface area contributed by atoms with Gasteiger partial charge >= 0.3 is 11.9 Å². The molecule has 0 atom stereocenters. The molecule has 2 aromatic carbocycles. The lowest BCUT2D eigenvalue weighted by molar-refractivity contribution is -0.140. The van der Waals surface area contributed by atoms with Crippen molar-refractivity contribution in [1.82, 2.24) is 9.55 Å². The average molecular weight is 412 g/mol. The Balaban J connectivity index is 1.92. The van der Waals surface area contributed by atoms with Crippen LogP contribution in [0.25, 0.3) is 10.9 Å². The minimum atomic E-state index is -0.407. The van der Waals surface area contributed by atoms with Crippen molar-refractivity contribution in [3.8, 4) is 0 Å². The second-order valence-electron chi connectivity index (χ2n) is 6.18. The molecule has 0 amide bonds. The van der Waals surface area contributed by atoms with Crippen LogP contribution in [0.3, 0.4) is 0 Å². The number of rotatable bonds is 7. The topological polar surface area (TPSA) is 87.5 Å². The van der Waals surface area contributed by atoms with Crippen LogP contribution in [0.2, 0.25) is 0 Å². The van der Waals surface area contributed by atoms with Crippen molar-refractivity contribution in [2.75, 3.05) is 14.2 Å². The van der Waals surface area contributed by atoms with Crippen LogP contribution in [-0.2, 0) is 26.6 Å². The molecule has 7 nitrogen and oxygen atoms in total. The van der Waals surface area contributed by atoms with Gasteiger partial charge in [0.2, 0.25) is 0 Å². The standard InChI is InChI=1S/C21H20N2O5S/c1-27-18(24)10-11-23-19(25)16-8-3-4-9-17(16)22-21(23)29-13-14-6-5-7-15(12-14)20(26)28-2/h3-9,12H,10-11,13H2,1-2H3. The van der Waals surface area contributed by atoms with Crippen molar-refractivity contribution in [2.24, 2.45) is 0 Å². The van der Waals surface area contributed by atoms with Gasteiger partial charge in [-0.1, -0.05) is 36.0 Å². The van der Waals surface area contributed by atoms with Crippen LogP contribution in [0, 0.1) is 0 Å². The third-order valence-corrected chi connectivity index (χ3v) is 5.36. The fraction of sp³-hybridized carbons (Fsp3) is 0.238. The number of carbonyl (C=O) groups excluding carboxylic acids is 2. The quantitative estimate of drug-likeness (QED) is 0.335. The van der Waals surface area contributed by atoms with Crippen LogP contribution in [-0.4, -0.2) is 35.7 Å². The average Bonchev–Trinajstić information content (AvgIpc) is 2.76. The van der Waals surface area contributed by atoms with E-state index in [1.165, 1.54) is 30.5 Å². The summed E-state index contributed by atoms with van der Waals surface area (Å²) in [5.41, 5.74) is 1.74. The van der Waals surface area contributed by atoms with Gasteiger partial charge in [-0.25, -0.2) is 9.78 Å². The molecule has 0 saturated carbocycles. The number of nitrogens with zero attached hydrogens (tertiary/aromatic N) is 2. The van der Waals surface area contributed by atoms with Gasteiger partial charge < -0.3 is 9.47 Å². The van der Waals surface area contributed by atoms with Crippen molar-refractivity contribution in [3.05, 3.63) is 70.0 Å². The van der Waals surface area contributed by atoms with Crippen molar-refractivity contribution in [3.63, 3.8) is 0 Å². The maximum Gasteiger partial charge on any atom is 0.337 e. The number of para-hydroxylation sites is 1. The summed E-state index contributed by atoms with van der Waals surface area (Å²) < 4.78 is 10.9. The molecule has 0 unspecified atom stereocenters. The molecule has 0 aliphatic heterocycles. The molecule has 1 heterocycles. The monoisotopic (exact) mass is 412 g/mol. The van der Waals surface area contributed by atoms with Gasteiger partial charge in [-0.2, -0.15) is 0 Å². The number of ether oxygens (including phenoxy) is 2. The molecule has 0 N–H and O–H groups in total. The maximum absolute atomic E-state index is 12.9. The highest BCUT2D eigenvalue weighted by Crippen LogP contribution is 2.23. The Kier molecular flexibility index (Phi) is 6.66. The largest absolute Gasteiger partial charge is 0.469 e. The van der Waals surface area contributed by atoms with Gasteiger partial charge in [0.1, 0.15) is 0 Å². The van der Waals surface area contributed by atoms with Crippen molar-refractivity contribution >= 4 is 34.6 Å².